The number of aromatic nitrogens is 3. The lowest BCUT2D eigenvalue weighted by Gasteiger charge is -2.15. The number of hydrogen-bond acceptors (Lipinski definition) is 8. The van der Waals surface area contributed by atoms with Gasteiger partial charge in [-0.25, -0.2) is 13.9 Å². The summed E-state index contributed by atoms with van der Waals surface area (Å²) in [7, 11) is -0.824. The number of pyridine rings is 1. The van der Waals surface area contributed by atoms with Crippen LogP contribution < -0.4 is 9.46 Å². The van der Waals surface area contributed by atoms with Crippen molar-refractivity contribution in [3.8, 4) is 28.4 Å². The molecule has 2 aliphatic rings. The number of nitrogens with zero attached hydrogens (tertiary/aromatic N) is 3. The van der Waals surface area contributed by atoms with E-state index in [9.17, 15) is 9.32 Å². The molecule has 0 amide bonds. The minimum Gasteiger partial charge on any atom is -0.456 e. The molecule has 198 valence electrons. The molecule has 38 heavy (non-hydrogen) atoms. The number of halogens is 1. The molecule has 2 aliphatic heterocycles. The number of nitrogens with one attached hydrogen (secondary N) is 2. The lowest BCUT2D eigenvalue weighted by atomic mass is 10.0. The second-order valence-electron chi connectivity index (χ2n) is 9.27. The van der Waals surface area contributed by atoms with Crippen molar-refractivity contribution in [3.63, 3.8) is 0 Å². The van der Waals surface area contributed by atoms with Gasteiger partial charge in [0.25, 0.3) is 6.01 Å². The van der Waals surface area contributed by atoms with Gasteiger partial charge in [-0.05, 0) is 36.4 Å². The van der Waals surface area contributed by atoms with Crippen LogP contribution in [0.4, 0.5) is 5.69 Å². The van der Waals surface area contributed by atoms with Crippen molar-refractivity contribution < 1.29 is 23.5 Å². The quantitative estimate of drug-likeness (QED) is 0.330. The Labute approximate surface area is 224 Å². The van der Waals surface area contributed by atoms with Gasteiger partial charge in [-0.3, -0.25) is 0 Å². The topological polar surface area (TPSA) is 131 Å². The highest BCUT2D eigenvalue weighted by molar-refractivity contribution is 7.91. The largest absolute Gasteiger partial charge is 0.456 e. The predicted octanol–water partition coefficient (Wildman–Crippen LogP) is 3.71. The van der Waals surface area contributed by atoms with E-state index >= 15 is 0 Å². The molecule has 4 aromatic rings. The molecule has 2 saturated heterocycles. The van der Waals surface area contributed by atoms with Gasteiger partial charge >= 0.3 is 0 Å². The van der Waals surface area contributed by atoms with E-state index in [1.807, 2.05) is 48.5 Å². The number of rotatable bonds is 6. The highest BCUT2D eigenvalue weighted by Crippen LogP contribution is 2.33. The van der Waals surface area contributed by atoms with Crippen LogP contribution in [0.1, 0.15) is 0 Å². The van der Waals surface area contributed by atoms with Crippen LogP contribution >= 0.6 is 11.6 Å². The first-order valence-electron chi connectivity index (χ1n) is 12.1. The number of imidazole rings is 1. The Bertz CT molecular complexity index is 1600. The maximum Gasteiger partial charge on any atom is 0.296 e. The van der Waals surface area contributed by atoms with Crippen LogP contribution in [0.5, 0.6) is 6.01 Å². The molecule has 2 fully saturated rings. The number of benzene rings is 2. The first kappa shape index (κ1) is 25.2. The molecule has 0 spiro atoms. The Morgan fingerprint density at radius 1 is 1.05 bits per heavy atom. The van der Waals surface area contributed by atoms with Gasteiger partial charge in [0.2, 0.25) is 0 Å². The number of H-pyrrole nitrogens is 1. The maximum atomic E-state index is 12.2. The van der Waals surface area contributed by atoms with Gasteiger partial charge in [-0.1, -0.05) is 48.0 Å². The molecule has 1 unspecified atom stereocenters. The van der Waals surface area contributed by atoms with Gasteiger partial charge in [-0.15, -0.1) is 0 Å². The summed E-state index contributed by atoms with van der Waals surface area (Å²) in [6, 6.07) is 17.5. The summed E-state index contributed by atoms with van der Waals surface area (Å²) in [6.07, 6.45) is -0.184. The second kappa shape index (κ2) is 9.92. The summed E-state index contributed by atoms with van der Waals surface area (Å²) in [5.74, 6) is 0. The van der Waals surface area contributed by atoms with Crippen LogP contribution in [0.3, 0.4) is 0 Å². The second-order valence-corrected chi connectivity index (χ2v) is 11.9. The van der Waals surface area contributed by atoms with Crippen LogP contribution in [0, 0.1) is 0 Å². The molecule has 0 radical (unpaired) electrons. The Balaban J connectivity index is 1.21. The fourth-order valence-electron chi connectivity index (χ4n) is 4.62. The molecule has 12 heteroatoms. The zero-order valence-corrected chi connectivity index (χ0v) is 22.2. The van der Waals surface area contributed by atoms with Crippen molar-refractivity contribution in [1.29, 1.82) is 0 Å². The summed E-state index contributed by atoms with van der Waals surface area (Å²) in [6.45, 7) is 0.538. The van der Waals surface area contributed by atoms with E-state index in [1.54, 1.807) is 19.4 Å². The predicted molar refractivity (Wildman–Crippen MR) is 145 cm³/mol. The van der Waals surface area contributed by atoms with Crippen LogP contribution in [-0.2, 0) is 19.4 Å². The SMILES string of the molecule is CNS(C)(=O)=Nc1ccc(-c2ccc(-c3nc4nc(O[C@@H]5CO[C@H]6[C@@H]5OC[C@H]6O)[nH]c4cc3Cl)cc2)cc1. The third kappa shape index (κ3) is 4.89. The third-order valence-corrected chi connectivity index (χ3v) is 8.27. The van der Waals surface area contributed by atoms with E-state index in [1.165, 1.54) is 0 Å². The monoisotopic (exact) mass is 555 g/mol. The molecule has 3 N–H and O–H groups in total. The van der Waals surface area contributed by atoms with Crippen LogP contribution in [0.15, 0.2) is 59.0 Å². The Kier molecular flexibility index (Phi) is 6.58. The van der Waals surface area contributed by atoms with E-state index in [2.05, 4.69) is 24.0 Å². The van der Waals surface area contributed by atoms with E-state index in [0.29, 0.717) is 40.2 Å². The highest BCUT2D eigenvalue weighted by atomic mass is 35.5. The van der Waals surface area contributed by atoms with E-state index in [-0.39, 0.29) is 24.9 Å². The summed E-state index contributed by atoms with van der Waals surface area (Å²) in [4.78, 5) is 12.3. The molecule has 2 aromatic carbocycles. The number of ether oxygens (including phenoxy) is 3. The van der Waals surface area contributed by atoms with E-state index in [4.69, 9.17) is 25.8 Å². The Hall–Kier alpha value is -3.06. The Morgan fingerprint density at radius 2 is 1.71 bits per heavy atom. The molecule has 2 aromatic heterocycles. The minimum atomic E-state index is -2.45. The van der Waals surface area contributed by atoms with Crippen molar-refractivity contribution in [3.05, 3.63) is 59.6 Å². The Morgan fingerprint density at radius 3 is 2.42 bits per heavy atom. The maximum absolute atomic E-state index is 12.2. The third-order valence-electron chi connectivity index (χ3n) is 6.67. The number of aliphatic hydroxyl groups is 1. The molecule has 0 saturated carbocycles. The summed E-state index contributed by atoms with van der Waals surface area (Å²) >= 11 is 6.59. The van der Waals surface area contributed by atoms with Gasteiger partial charge in [-0.2, -0.15) is 9.35 Å². The normalized spacial score (nSPS) is 24.3. The molecule has 6 rings (SSSR count). The van der Waals surface area contributed by atoms with Crippen LogP contribution in [0.25, 0.3) is 33.5 Å². The van der Waals surface area contributed by atoms with Gasteiger partial charge in [0.1, 0.15) is 28.2 Å². The summed E-state index contributed by atoms with van der Waals surface area (Å²) in [5.41, 5.74) is 5.23. The van der Waals surface area contributed by atoms with Gasteiger partial charge in [0.15, 0.2) is 11.8 Å². The number of hydrogen-bond donors (Lipinski definition) is 3. The smallest absolute Gasteiger partial charge is 0.296 e. The lowest BCUT2D eigenvalue weighted by molar-refractivity contribution is 0.00706. The highest BCUT2D eigenvalue weighted by Gasteiger charge is 2.48. The summed E-state index contributed by atoms with van der Waals surface area (Å²) in [5, 5.41) is 10.4. The average molecular weight is 556 g/mol. The minimum absolute atomic E-state index is 0.230. The first-order chi connectivity index (χ1) is 18.3. The van der Waals surface area contributed by atoms with Gasteiger partial charge in [0.05, 0.1) is 35.1 Å². The van der Waals surface area contributed by atoms with Crippen molar-refractivity contribution in [2.45, 2.75) is 24.4 Å². The fraction of sp³-hybridized carbons (Fsp3) is 0.308. The van der Waals surface area contributed by atoms with E-state index in [0.717, 1.165) is 16.7 Å². The molecule has 5 atom stereocenters. The number of fused-ring (bicyclic) bond motifs is 2. The molecule has 10 nitrogen and oxygen atoms in total. The molecular formula is C26H26ClN5O5S. The van der Waals surface area contributed by atoms with Gasteiger partial charge < -0.3 is 24.3 Å². The zero-order valence-electron chi connectivity index (χ0n) is 20.6. The van der Waals surface area contributed by atoms with Crippen molar-refractivity contribution in [2.24, 2.45) is 4.36 Å². The number of aliphatic hydroxyl groups excluding tert-OH is 1. The molecule has 0 bridgehead atoms. The summed E-state index contributed by atoms with van der Waals surface area (Å²) < 4.78 is 36.3. The lowest BCUT2D eigenvalue weighted by Crippen LogP contribution is -2.34. The van der Waals surface area contributed by atoms with Gasteiger partial charge in [0, 0.05) is 11.8 Å². The molecule has 4 heterocycles. The number of aromatic amines is 1. The molecular weight excluding hydrogens is 530 g/mol. The molecule has 0 aliphatic carbocycles. The average Bonchev–Trinajstić information content (AvgIpc) is 3.60. The van der Waals surface area contributed by atoms with Crippen LogP contribution in [0.2, 0.25) is 5.02 Å². The van der Waals surface area contributed by atoms with Crippen LogP contribution in [-0.4, -0.2) is 75.2 Å². The standard InChI is InChI=1S/C26H26ClN5O5S/c1-28-38(2,34)32-17-9-7-15(8-10-17)14-3-5-16(6-4-14)22-18(27)11-19-25(30-22)31-26(29-19)37-21-13-36-23-20(33)12-35-24(21)23/h3-11,20-21,23-24,33H,12-13H2,1-2H3,(H,28,32,34)(H,29,30,31)/t20-,21-,23-,24-,38?/m1/s1. The first-order valence-corrected chi connectivity index (χ1v) is 14.4. The van der Waals surface area contributed by atoms with Crippen molar-refractivity contribution in [1.82, 2.24) is 19.7 Å². The fourth-order valence-corrected chi connectivity index (χ4v) is 5.50. The van der Waals surface area contributed by atoms with E-state index < -0.39 is 16.0 Å². The van der Waals surface area contributed by atoms with Crippen molar-refractivity contribution in [2.75, 3.05) is 26.5 Å². The zero-order chi connectivity index (χ0) is 26.4. The van der Waals surface area contributed by atoms with Crippen molar-refractivity contribution >= 4 is 38.4 Å².